The number of carbonyl (C=O) groups is 1. The monoisotopic (exact) mass is 384 g/mol. The minimum Gasteiger partial charge on any atom is -0.490 e. The van der Waals surface area contributed by atoms with Crippen LogP contribution in [0.2, 0.25) is 0 Å². The average molecular weight is 385 g/mol. The van der Waals surface area contributed by atoms with Gasteiger partial charge in [-0.2, -0.15) is 5.10 Å². The Hall–Kier alpha value is -2.73. The zero-order valence-electron chi connectivity index (χ0n) is 15.4. The van der Waals surface area contributed by atoms with E-state index < -0.39 is 0 Å². The lowest BCUT2D eigenvalue weighted by Gasteiger charge is -2.11. The van der Waals surface area contributed by atoms with Crippen molar-refractivity contribution in [3.63, 3.8) is 0 Å². The van der Waals surface area contributed by atoms with E-state index in [0.717, 1.165) is 10.5 Å². The summed E-state index contributed by atoms with van der Waals surface area (Å²) in [7, 11) is 0. The first kappa shape index (κ1) is 20.6. The Morgan fingerprint density at radius 3 is 2.74 bits per heavy atom. The molecule has 6 heteroatoms. The maximum absolute atomic E-state index is 11.9. The highest BCUT2D eigenvalue weighted by Crippen LogP contribution is 2.28. The second kappa shape index (κ2) is 11.8. The molecule has 0 saturated carbocycles. The van der Waals surface area contributed by atoms with Gasteiger partial charge in [-0.3, -0.25) is 4.79 Å². The zero-order chi connectivity index (χ0) is 19.3. The van der Waals surface area contributed by atoms with Crippen molar-refractivity contribution in [3.05, 3.63) is 66.7 Å². The number of nitrogens with zero attached hydrogens (tertiary/aromatic N) is 1. The lowest BCUT2D eigenvalue weighted by atomic mass is 10.2. The third kappa shape index (κ3) is 7.58. The van der Waals surface area contributed by atoms with Gasteiger partial charge >= 0.3 is 0 Å². The standard InChI is InChI=1S/C21H24N2O3S/c1-3-13-26-19-11-10-17(15-20(19)25-4-2)16-22-23-21(24)12-14-27-18-8-6-5-7-9-18/h3,5-11,15-16H,1,4,12-14H2,2H3,(H,23,24)/b22-16-. The molecule has 1 amide bonds. The number of ether oxygens (including phenoxy) is 2. The first-order valence-corrected chi connectivity index (χ1v) is 9.71. The van der Waals surface area contributed by atoms with Gasteiger partial charge in [-0.15, -0.1) is 11.8 Å². The van der Waals surface area contributed by atoms with Crippen molar-refractivity contribution in [2.24, 2.45) is 5.10 Å². The fourth-order valence-corrected chi connectivity index (χ4v) is 3.03. The van der Waals surface area contributed by atoms with Crippen LogP contribution in [0, 0.1) is 0 Å². The predicted octanol–water partition coefficient (Wildman–Crippen LogP) is 4.28. The summed E-state index contributed by atoms with van der Waals surface area (Å²) in [6.07, 6.45) is 3.66. The highest BCUT2D eigenvalue weighted by molar-refractivity contribution is 7.99. The van der Waals surface area contributed by atoms with Gasteiger partial charge in [0.25, 0.3) is 0 Å². The van der Waals surface area contributed by atoms with E-state index in [2.05, 4.69) is 17.1 Å². The Balaban J connectivity index is 1.82. The Labute approximate surface area is 164 Å². The summed E-state index contributed by atoms with van der Waals surface area (Å²) >= 11 is 1.64. The number of amides is 1. The third-order valence-electron chi connectivity index (χ3n) is 3.37. The minimum atomic E-state index is -0.120. The maximum atomic E-state index is 11.9. The largest absolute Gasteiger partial charge is 0.490 e. The first-order valence-electron chi connectivity index (χ1n) is 8.73. The van der Waals surface area contributed by atoms with Crippen molar-refractivity contribution < 1.29 is 14.3 Å². The van der Waals surface area contributed by atoms with Gasteiger partial charge in [0.2, 0.25) is 5.91 Å². The highest BCUT2D eigenvalue weighted by Gasteiger charge is 2.05. The number of carbonyl (C=O) groups excluding carboxylic acids is 1. The fourth-order valence-electron chi connectivity index (χ4n) is 2.15. The normalized spacial score (nSPS) is 10.6. The zero-order valence-corrected chi connectivity index (χ0v) is 16.2. The summed E-state index contributed by atoms with van der Waals surface area (Å²) in [6, 6.07) is 15.5. The summed E-state index contributed by atoms with van der Waals surface area (Å²) in [5.74, 6) is 1.87. The quantitative estimate of drug-likeness (QED) is 0.272. The van der Waals surface area contributed by atoms with Gasteiger partial charge in [0.05, 0.1) is 12.8 Å². The molecule has 0 aromatic heterocycles. The van der Waals surface area contributed by atoms with E-state index in [0.29, 0.717) is 36.9 Å². The van der Waals surface area contributed by atoms with Gasteiger partial charge in [0.1, 0.15) is 6.61 Å². The summed E-state index contributed by atoms with van der Waals surface area (Å²) in [4.78, 5) is 13.0. The lowest BCUT2D eigenvalue weighted by Crippen LogP contribution is -2.17. The first-order chi connectivity index (χ1) is 13.2. The molecule has 0 unspecified atom stereocenters. The molecule has 0 spiro atoms. The molecule has 0 aliphatic heterocycles. The third-order valence-corrected chi connectivity index (χ3v) is 4.38. The molecule has 0 saturated heterocycles. The summed E-state index contributed by atoms with van der Waals surface area (Å²) in [5.41, 5.74) is 3.36. The molecule has 0 aliphatic rings. The number of benzene rings is 2. The summed E-state index contributed by atoms with van der Waals surface area (Å²) in [6.45, 7) is 6.48. The van der Waals surface area contributed by atoms with E-state index in [9.17, 15) is 4.79 Å². The van der Waals surface area contributed by atoms with Crippen LogP contribution >= 0.6 is 11.8 Å². The van der Waals surface area contributed by atoms with Gasteiger partial charge in [0.15, 0.2) is 11.5 Å². The van der Waals surface area contributed by atoms with Crippen molar-refractivity contribution in [1.29, 1.82) is 0 Å². The Bertz CT molecular complexity index is 763. The number of hydrogen-bond donors (Lipinski definition) is 1. The number of nitrogens with one attached hydrogen (secondary N) is 1. The molecule has 0 atom stereocenters. The van der Waals surface area contributed by atoms with Gasteiger partial charge < -0.3 is 9.47 Å². The van der Waals surface area contributed by atoms with Crippen LogP contribution in [0.1, 0.15) is 18.9 Å². The number of rotatable bonds is 11. The Kier molecular flexibility index (Phi) is 9.00. The van der Waals surface area contributed by atoms with Crippen molar-refractivity contribution in [2.75, 3.05) is 19.0 Å². The molecule has 0 heterocycles. The second-order valence-corrected chi connectivity index (χ2v) is 6.61. The van der Waals surface area contributed by atoms with Crippen LogP contribution in [0.5, 0.6) is 11.5 Å². The van der Waals surface area contributed by atoms with E-state index in [1.165, 1.54) is 0 Å². The Morgan fingerprint density at radius 1 is 1.19 bits per heavy atom. The SMILES string of the molecule is C=CCOc1ccc(/C=N\NC(=O)CCSc2ccccc2)cc1OCC. The van der Waals surface area contributed by atoms with Crippen molar-refractivity contribution in [3.8, 4) is 11.5 Å². The molecule has 2 aromatic rings. The fraction of sp³-hybridized carbons (Fsp3) is 0.238. The van der Waals surface area contributed by atoms with Crippen LogP contribution in [0.4, 0.5) is 0 Å². The minimum absolute atomic E-state index is 0.120. The van der Waals surface area contributed by atoms with Gasteiger partial charge in [0, 0.05) is 17.1 Å². The van der Waals surface area contributed by atoms with Crippen molar-refractivity contribution in [2.45, 2.75) is 18.2 Å². The number of hydrogen-bond acceptors (Lipinski definition) is 5. The topological polar surface area (TPSA) is 59.9 Å². The van der Waals surface area contributed by atoms with Crippen LogP contribution in [-0.4, -0.2) is 31.1 Å². The van der Waals surface area contributed by atoms with Crippen LogP contribution < -0.4 is 14.9 Å². The molecule has 0 radical (unpaired) electrons. The van der Waals surface area contributed by atoms with Crippen molar-refractivity contribution in [1.82, 2.24) is 5.43 Å². The number of hydrazone groups is 1. The van der Waals surface area contributed by atoms with Gasteiger partial charge in [-0.1, -0.05) is 30.9 Å². The molecule has 0 aliphatic carbocycles. The van der Waals surface area contributed by atoms with Crippen LogP contribution in [0.15, 0.2) is 71.2 Å². The predicted molar refractivity (Wildman–Crippen MR) is 111 cm³/mol. The molecule has 2 rings (SSSR count). The van der Waals surface area contributed by atoms with E-state index in [-0.39, 0.29) is 5.91 Å². The molecular formula is C21H24N2O3S. The van der Waals surface area contributed by atoms with Crippen LogP contribution in [0.3, 0.4) is 0 Å². The number of thioether (sulfide) groups is 1. The van der Waals surface area contributed by atoms with E-state index in [1.54, 1.807) is 24.1 Å². The summed E-state index contributed by atoms with van der Waals surface area (Å²) < 4.78 is 11.1. The Morgan fingerprint density at radius 2 is 2.00 bits per heavy atom. The van der Waals surface area contributed by atoms with Crippen LogP contribution in [-0.2, 0) is 4.79 Å². The molecule has 142 valence electrons. The smallest absolute Gasteiger partial charge is 0.240 e. The van der Waals surface area contributed by atoms with Crippen molar-refractivity contribution >= 4 is 23.9 Å². The molecule has 5 nitrogen and oxygen atoms in total. The lowest BCUT2D eigenvalue weighted by molar-refractivity contribution is -0.120. The average Bonchev–Trinajstić information content (AvgIpc) is 2.68. The molecule has 0 fully saturated rings. The second-order valence-electron chi connectivity index (χ2n) is 5.44. The van der Waals surface area contributed by atoms with E-state index in [4.69, 9.17) is 9.47 Å². The van der Waals surface area contributed by atoms with Gasteiger partial charge in [-0.05, 0) is 42.8 Å². The molecule has 0 bridgehead atoms. The molecule has 1 N–H and O–H groups in total. The summed E-state index contributed by atoms with van der Waals surface area (Å²) in [5, 5.41) is 4.01. The van der Waals surface area contributed by atoms with E-state index in [1.807, 2.05) is 55.5 Å². The molecule has 2 aromatic carbocycles. The molecular weight excluding hydrogens is 360 g/mol. The highest BCUT2D eigenvalue weighted by atomic mass is 32.2. The van der Waals surface area contributed by atoms with E-state index >= 15 is 0 Å². The van der Waals surface area contributed by atoms with Gasteiger partial charge in [-0.25, -0.2) is 5.43 Å². The van der Waals surface area contributed by atoms with Crippen LogP contribution in [0.25, 0.3) is 0 Å². The maximum Gasteiger partial charge on any atom is 0.240 e. The molecule has 27 heavy (non-hydrogen) atoms.